The van der Waals surface area contributed by atoms with Gasteiger partial charge in [-0.15, -0.1) is 11.3 Å². The van der Waals surface area contributed by atoms with E-state index in [-0.39, 0.29) is 17.9 Å². The largest absolute Gasteiger partial charge is 0.481 e. The molecule has 1 atom stereocenters. The maximum Gasteiger partial charge on any atom is 0.303 e. The second-order valence-electron chi connectivity index (χ2n) is 5.57. The van der Waals surface area contributed by atoms with Gasteiger partial charge in [0.15, 0.2) is 0 Å². The summed E-state index contributed by atoms with van der Waals surface area (Å²) < 4.78 is 1.05. The lowest BCUT2D eigenvalue weighted by molar-refractivity contribution is -0.140. The highest BCUT2D eigenvalue weighted by Crippen LogP contribution is 2.46. The Hall–Kier alpha value is -0.390. The molecule has 0 amide bonds. The first-order chi connectivity index (χ1) is 9.02. The molecule has 0 aliphatic heterocycles. The SMILES string of the molecule is NC(CC1(CC(=O)O)CCCCC1)c1sccc1Br. The number of aliphatic carboxylic acids is 1. The summed E-state index contributed by atoms with van der Waals surface area (Å²) >= 11 is 5.16. The Labute approximate surface area is 126 Å². The fraction of sp³-hybridized carbons (Fsp3) is 0.643. The van der Waals surface area contributed by atoms with Crippen LogP contribution >= 0.6 is 27.3 Å². The molecule has 1 aromatic rings. The number of carbonyl (C=O) groups is 1. The Kier molecular flexibility index (Phi) is 5.03. The van der Waals surface area contributed by atoms with Crippen LogP contribution in [0.4, 0.5) is 0 Å². The molecule has 1 saturated carbocycles. The molecule has 1 heterocycles. The van der Waals surface area contributed by atoms with Gasteiger partial charge >= 0.3 is 5.97 Å². The van der Waals surface area contributed by atoms with E-state index in [1.807, 2.05) is 11.4 Å². The molecule has 5 heteroatoms. The number of rotatable bonds is 5. The fourth-order valence-electron chi connectivity index (χ4n) is 3.20. The van der Waals surface area contributed by atoms with E-state index in [9.17, 15) is 9.90 Å². The maximum absolute atomic E-state index is 11.2. The van der Waals surface area contributed by atoms with Crippen LogP contribution in [-0.2, 0) is 4.79 Å². The van der Waals surface area contributed by atoms with E-state index in [0.29, 0.717) is 0 Å². The Balaban J connectivity index is 2.11. The van der Waals surface area contributed by atoms with E-state index < -0.39 is 5.97 Å². The van der Waals surface area contributed by atoms with Crippen molar-refractivity contribution in [1.29, 1.82) is 0 Å². The van der Waals surface area contributed by atoms with Crippen LogP contribution in [0.1, 0.15) is 55.9 Å². The molecule has 0 saturated heterocycles. The van der Waals surface area contributed by atoms with Crippen LogP contribution in [0.5, 0.6) is 0 Å². The molecule has 1 fully saturated rings. The number of thiophene rings is 1. The monoisotopic (exact) mass is 345 g/mol. The van der Waals surface area contributed by atoms with Crippen molar-refractivity contribution >= 4 is 33.2 Å². The molecule has 0 bridgehead atoms. The summed E-state index contributed by atoms with van der Waals surface area (Å²) in [6.45, 7) is 0. The molecular weight excluding hydrogens is 326 g/mol. The summed E-state index contributed by atoms with van der Waals surface area (Å²) in [5, 5.41) is 11.2. The molecule has 0 spiro atoms. The zero-order valence-corrected chi connectivity index (χ0v) is 13.3. The van der Waals surface area contributed by atoms with Gasteiger partial charge in [0.25, 0.3) is 0 Å². The van der Waals surface area contributed by atoms with Crippen LogP contribution in [0.25, 0.3) is 0 Å². The third kappa shape index (κ3) is 3.80. The Morgan fingerprint density at radius 3 is 2.68 bits per heavy atom. The highest BCUT2D eigenvalue weighted by molar-refractivity contribution is 9.10. The molecule has 3 nitrogen and oxygen atoms in total. The van der Waals surface area contributed by atoms with Crippen molar-refractivity contribution < 1.29 is 9.90 Å². The zero-order valence-electron chi connectivity index (χ0n) is 10.9. The second-order valence-corrected chi connectivity index (χ2v) is 7.38. The average molecular weight is 346 g/mol. The van der Waals surface area contributed by atoms with Crippen molar-refractivity contribution in [2.75, 3.05) is 0 Å². The minimum atomic E-state index is -0.695. The first-order valence-corrected chi connectivity index (χ1v) is 8.40. The molecule has 0 aromatic carbocycles. The lowest BCUT2D eigenvalue weighted by Gasteiger charge is -2.38. The van der Waals surface area contributed by atoms with Crippen LogP contribution in [0.3, 0.4) is 0 Å². The number of nitrogens with two attached hydrogens (primary N) is 1. The van der Waals surface area contributed by atoms with Gasteiger partial charge in [0.05, 0.1) is 6.42 Å². The van der Waals surface area contributed by atoms with Gasteiger partial charge in [-0.2, -0.15) is 0 Å². The van der Waals surface area contributed by atoms with Crippen LogP contribution in [0.15, 0.2) is 15.9 Å². The van der Waals surface area contributed by atoms with E-state index in [4.69, 9.17) is 5.73 Å². The van der Waals surface area contributed by atoms with E-state index in [1.54, 1.807) is 11.3 Å². The van der Waals surface area contributed by atoms with E-state index in [2.05, 4.69) is 15.9 Å². The number of hydrogen-bond donors (Lipinski definition) is 2. The first kappa shape index (κ1) is 15.0. The molecule has 1 aromatic heterocycles. The standard InChI is InChI=1S/C14H20BrNO2S/c15-10-4-7-19-13(10)11(16)8-14(9-12(17)18)5-2-1-3-6-14/h4,7,11H,1-3,5-6,8-9,16H2,(H,17,18). The van der Waals surface area contributed by atoms with Gasteiger partial charge < -0.3 is 10.8 Å². The van der Waals surface area contributed by atoms with E-state index in [0.717, 1.165) is 41.5 Å². The average Bonchev–Trinajstić information content (AvgIpc) is 2.75. The highest BCUT2D eigenvalue weighted by atomic mass is 79.9. The van der Waals surface area contributed by atoms with Crippen molar-refractivity contribution in [2.24, 2.45) is 11.1 Å². The lowest BCUT2D eigenvalue weighted by atomic mass is 9.68. The third-order valence-corrected chi connectivity index (χ3v) is 6.08. The van der Waals surface area contributed by atoms with Crippen molar-refractivity contribution in [3.63, 3.8) is 0 Å². The molecular formula is C14H20BrNO2S. The van der Waals surface area contributed by atoms with Crippen molar-refractivity contribution in [2.45, 2.75) is 51.0 Å². The number of hydrogen-bond acceptors (Lipinski definition) is 3. The van der Waals surface area contributed by atoms with E-state index in [1.165, 1.54) is 6.42 Å². The predicted molar refractivity (Wildman–Crippen MR) is 81.3 cm³/mol. The molecule has 2 rings (SSSR count). The van der Waals surface area contributed by atoms with Gasteiger partial charge in [-0.1, -0.05) is 19.3 Å². The van der Waals surface area contributed by atoms with Crippen LogP contribution < -0.4 is 5.73 Å². The van der Waals surface area contributed by atoms with Crippen molar-refractivity contribution in [1.82, 2.24) is 0 Å². The van der Waals surface area contributed by atoms with Crippen LogP contribution in [0, 0.1) is 5.41 Å². The maximum atomic E-state index is 11.2. The normalized spacial score (nSPS) is 20.1. The van der Waals surface area contributed by atoms with Crippen LogP contribution in [-0.4, -0.2) is 11.1 Å². The second kappa shape index (κ2) is 6.37. The lowest BCUT2D eigenvalue weighted by Crippen LogP contribution is -2.31. The molecule has 1 aliphatic rings. The molecule has 1 aliphatic carbocycles. The Morgan fingerprint density at radius 1 is 1.47 bits per heavy atom. The van der Waals surface area contributed by atoms with Crippen molar-refractivity contribution in [3.05, 3.63) is 20.8 Å². The summed E-state index contributed by atoms with van der Waals surface area (Å²) in [6, 6.07) is 1.94. The van der Waals surface area contributed by atoms with Gasteiger partial charge in [0, 0.05) is 15.4 Å². The quantitative estimate of drug-likeness (QED) is 0.834. The number of carboxylic acids is 1. The van der Waals surface area contributed by atoms with Gasteiger partial charge in [0.1, 0.15) is 0 Å². The third-order valence-electron chi connectivity index (χ3n) is 4.07. The molecule has 0 radical (unpaired) electrons. The summed E-state index contributed by atoms with van der Waals surface area (Å²) in [6.07, 6.45) is 6.50. The van der Waals surface area contributed by atoms with E-state index >= 15 is 0 Å². The molecule has 3 N–H and O–H groups in total. The molecule has 106 valence electrons. The van der Waals surface area contributed by atoms with Gasteiger partial charge in [0.2, 0.25) is 0 Å². The van der Waals surface area contributed by atoms with Crippen molar-refractivity contribution in [3.8, 4) is 0 Å². The summed E-state index contributed by atoms with van der Waals surface area (Å²) in [5.41, 5.74) is 6.22. The summed E-state index contributed by atoms with van der Waals surface area (Å²) in [4.78, 5) is 12.3. The smallest absolute Gasteiger partial charge is 0.303 e. The zero-order chi connectivity index (χ0) is 13.9. The summed E-state index contributed by atoms with van der Waals surface area (Å²) in [7, 11) is 0. The highest BCUT2D eigenvalue weighted by Gasteiger charge is 2.36. The topological polar surface area (TPSA) is 63.3 Å². The minimum Gasteiger partial charge on any atom is -0.481 e. The Bertz CT molecular complexity index is 440. The molecule has 1 unspecified atom stereocenters. The number of halogens is 1. The van der Waals surface area contributed by atoms with Crippen LogP contribution in [0.2, 0.25) is 0 Å². The van der Waals surface area contributed by atoms with Gasteiger partial charge in [-0.05, 0) is 52.1 Å². The fourth-order valence-corrected chi connectivity index (χ4v) is 4.88. The number of carboxylic acid groups (broad SMARTS) is 1. The summed E-state index contributed by atoms with van der Waals surface area (Å²) in [5.74, 6) is -0.695. The molecule has 19 heavy (non-hydrogen) atoms. The Morgan fingerprint density at radius 2 is 2.16 bits per heavy atom. The first-order valence-electron chi connectivity index (χ1n) is 6.73. The van der Waals surface area contributed by atoms with Gasteiger partial charge in [-0.25, -0.2) is 0 Å². The predicted octanol–water partition coefficient (Wildman–Crippen LogP) is 4.33. The minimum absolute atomic E-state index is 0.0631. The van der Waals surface area contributed by atoms with Gasteiger partial charge in [-0.3, -0.25) is 4.79 Å².